The van der Waals surface area contributed by atoms with Gasteiger partial charge >= 0.3 is 0 Å². The molecule has 90 valence electrons. The molecular weight excluding hydrogens is 202 g/mol. The van der Waals surface area contributed by atoms with Gasteiger partial charge in [0, 0.05) is 6.04 Å². The van der Waals surface area contributed by atoms with Crippen LogP contribution in [0.4, 0.5) is 0 Å². The molecule has 0 spiro atoms. The molecule has 0 saturated carbocycles. The van der Waals surface area contributed by atoms with Crippen molar-refractivity contribution in [2.24, 2.45) is 5.73 Å². The van der Waals surface area contributed by atoms with Crippen molar-refractivity contribution >= 4 is 0 Å². The Morgan fingerprint density at radius 3 is 2.12 bits per heavy atom. The van der Waals surface area contributed by atoms with Crippen LogP contribution in [0, 0.1) is 0 Å². The van der Waals surface area contributed by atoms with Crippen molar-refractivity contribution in [2.45, 2.75) is 32.7 Å². The van der Waals surface area contributed by atoms with E-state index in [4.69, 9.17) is 15.2 Å². The van der Waals surface area contributed by atoms with E-state index >= 15 is 0 Å². The highest BCUT2D eigenvalue weighted by molar-refractivity contribution is 5.31. The highest BCUT2D eigenvalue weighted by atomic mass is 16.5. The van der Waals surface area contributed by atoms with E-state index in [-0.39, 0.29) is 6.04 Å². The first-order valence-electron chi connectivity index (χ1n) is 5.87. The zero-order valence-electron chi connectivity index (χ0n) is 10.1. The smallest absolute Gasteiger partial charge is 0.119 e. The summed E-state index contributed by atoms with van der Waals surface area (Å²) in [5.74, 6) is 1.71. The van der Waals surface area contributed by atoms with Gasteiger partial charge in [0.1, 0.15) is 18.1 Å². The van der Waals surface area contributed by atoms with E-state index in [1.54, 1.807) is 0 Å². The first kappa shape index (κ1) is 12.8. The second kappa shape index (κ2) is 7.12. The molecule has 0 aliphatic rings. The minimum absolute atomic E-state index is 0.122. The average molecular weight is 223 g/mol. The zero-order valence-corrected chi connectivity index (χ0v) is 10.1. The lowest BCUT2D eigenvalue weighted by molar-refractivity contribution is 0.280. The Balaban J connectivity index is 2.37. The zero-order chi connectivity index (χ0) is 11.8. The molecule has 0 fully saturated rings. The quantitative estimate of drug-likeness (QED) is 0.772. The molecule has 0 amide bonds. The van der Waals surface area contributed by atoms with Crippen molar-refractivity contribution in [1.82, 2.24) is 0 Å². The summed E-state index contributed by atoms with van der Waals surface area (Å²) in [7, 11) is 0. The highest BCUT2D eigenvalue weighted by Gasteiger charge is 2.02. The van der Waals surface area contributed by atoms with Crippen LogP contribution in [-0.2, 0) is 0 Å². The number of hydrogen-bond acceptors (Lipinski definition) is 3. The largest absolute Gasteiger partial charge is 0.494 e. The highest BCUT2D eigenvalue weighted by Crippen LogP contribution is 2.17. The standard InChI is InChI=1S/C13H21NO2/c1-3-5-11(14)10-16-13-8-6-12(7-9-13)15-4-2/h6-9,11H,3-5,10,14H2,1-2H3. The van der Waals surface area contributed by atoms with E-state index in [9.17, 15) is 0 Å². The fourth-order valence-electron chi connectivity index (χ4n) is 1.46. The molecule has 1 aromatic rings. The Morgan fingerprint density at radius 1 is 1.06 bits per heavy atom. The van der Waals surface area contributed by atoms with Crippen molar-refractivity contribution in [3.05, 3.63) is 24.3 Å². The minimum Gasteiger partial charge on any atom is -0.494 e. The lowest BCUT2D eigenvalue weighted by Gasteiger charge is -2.12. The molecule has 0 aromatic heterocycles. The number of ether oxygens (including phenoxy) is 2. The summed E-state index contributed by atoms with van der Waals surface area (Å²) < 4.78 is 10.9. The van der Waals surface area contributed by atoms with Crippen molar-refractivity contribution in [3.8, 4) is 11.5 Å². The number of rotatable bonds is 7. The van der Waals surface area contributed by atoms with Crippen LogP contribution in [-0.4, -0.2) is 19.3 Å². The van der Waals surface area contributed by atoms with Gasteiger partial charge < -0.3 is 15.2 Å². The van der Waals surface area contributed by atoms with E-state index < -0.39 is 0 Å². The number of benzene rings is 1. The van der Waals surface area contributed by atoms with Gasteiger partial charge in [0.15, 0.2) is 0 Å². The SMILES string of the molecule is CCCC(N)COc1ccc(OCC)cc1. The van der Waals surface area contributed by atoms with Crippen molar-refractivity contribution in [2.75, 3.05) is 13.2 Å². The summed E-state index contributed by atoms with van der Waals surface area (Å²) in [5.41, 5.74) is 5.86. The second-order valence-corrected chi connectivity index (χ2v) is 3.76. The maximum absolute atomic E-state index is 5.86. The Morgan fingerprint density at radius 2 is 1.62 bits per heavy atom. The molecule has 0 saturated heterocycles. The molecule has 0 radical (unpaired) electrons. The lowest BCUT2D eigenvalue weighted by atomic mass is 10.2. The molecular formula is C13H21NO2. The fraction of sp³-hybridized carbons (Fsp3) is 0.538. The van der Waals surface area contributed by atoms with Crippen LogP contribution in [0.15, 0.2) is 24.3 Å². The topological polar surface area (TPSA) is 44.5 Å². The molecule has 0 aliphatic carbocycles. The van der Waals surface area contributed by atoms with Gasteiger partial charge in [0.25, 0.3) is 0 Å². The maximum atomic E-state index is 5.86. The molecule has 0 bridgehead atoms. The average Bonchev–Trinajstić information content (AvgIpc) is 2.29. The van der Waals surface area contributed by atoms with Crippen LogP contribution in [0.25, 0.3) is 0 Å². The van der Waals surface area contributed by atoms with Gasteiger partial charge in [-0.15, -0.1) is 0 Å². The summed E-state index contributed by atoms with van der Waals surface area (Å²) in [6, 6.07) is 7.75. The van der Waals surface area contributed by atoms with Crippen molar-refractivity contribution < 1.29 is 9.47 Å². The predicted molar refractivity (Wildman–Crippen MR) is 66.0 cm³/mol. The van der Waals surface area contributed by atoms with Crippen LogP contribution in [0.2, 0.25) is 0 Å². The third-order valence-corrected chi connectivity index (χ3v) is 2.26. The van der Waals surface area contributed by atoms with Crippen LogP contribution in [0.1, 0.15) is 26.7 Å². The van der Waals surface area contributed by atoms with Gasteiger partial charge in [-0.1, -0.05) is 13.3 Å². The molecule has 1 rings (SSSR count). The van der Waals surface area contributed by atoms with Gasteiger partial charge in [-0.05, 0) is 37.6 Å². The van der Waals surface area contributed by atoms with Crippen LogP contribution in [0.5, 0.6) is 11.5 Å². The molecule has 16 heavy (non-hydrogen) atoms. The Bertz CT molecular complexity index is 284. The van der Waals surface area contributed by atoms with Gasteiger partial charge in [-0.25, -0.2) is 0 Å². The van der Waals surface area contributed by atoms with Crippen molar-refractivity contribution in [1.29, 1.82) is 0 Å². The van der Waals surface area contributed by atoms with E-state index in [0.717, 1.165) is 24.3 Å². The normalized spacial score (nSPS) is 12.2. The Kier molecular flexibility index (Phi) is 5.72. The molecule has 0 heterocycles. The minimum atomic E-state index is 0.122. The third kappa shape index (κ3) is 4.53. The van der Waals surface area contributed by atoms with Gasteiger partial charge in [-0.3, -0.25) is 0 Å². The Hall–Kier alpha value is -1.22. The first-order valence-corrected chi connectivity index (χ1v) is 5.87. The fourth-order valence-corrected chi connectivity index (χ4v) is 1.46. The Labute approximate surface area is 97.6 Å². The monoisotopic (exact) mass is 223 g/mol. The van der Waals surface area contributed by atoms with Gasteiger partial charge in [0.05, 0.1) is 6.61 Å². The number of nitrogens with two attached hydrogens (primary N) is 1. The van der Waals surface area contributed by atoms with Crippen LogP contribution in [0.3, 0.4) is 0 Å². The van der Waals surface area contributed by atoms with Crippen LogP contribution >= 0.6 is 0 Å². The number of hydrogen-bond donors (Lipinski definition) is 1. The first-order chi connectivity index (χ1) is 7.76. The van der Waals surface area contributed by atoms with E-state index in [2.05, 4.69) is 6.92 Å². The predicted octanol–water partition coefficient (Wildman–Crippen LogP) is 2.59. The van der Waals surface area contributed by atoms with Gasteiger partial charge in [-0.2, -0.15) is 0 Å². The van der Waals surface area contributed by atoms with E-state index in [1.807, 2.05) is 31.2 Å². The molecule has 1 unspecified atom stereocenters. The second-order valence-electron chi connectivity index (χ2n) is 3.76. The lowest BCUT2D eigenvalue weighted by Crippen LogP contribution is -2.27. The third-order valence-electron chi connectivity index (χ3n) is 2.26. The van der Waals surface area contributed by atoms with Crippen molar-refractivity contribution in [3.63, 3.8) is 0 Å². The van der Waals surface area contributed by atoms with Gasteiger partial charge in [0.2, 0.25) is 0 Å². The maximum Gasteiger partial charge on any atom is 0.119 e. The molecule has 3 heteroatoms. The summed E-state index contributed by atoms with van der Waals surface area (Å²) in [6.45, 7) is 5.34. The molecule has 2 N–H and O–H groups in total. The van der Waals surface area contributed by atoms with E-state index in [0.29, 0.717) is 13.2 Å². The summed E-state index contributed by atoms with van der Waals surface area (Å²) >= 11 is 0. The molecule has 1 aromatic carbocycles. The summed E-state index contributed by atoms with van der Waals surface area (Å²) in [6.07, 6.45) is 2.09. The van der Waals surface area contributed by atoms with E-state index in [1.165, 1.54) is 0 Å². The molecule has 1 atom stereocenters. The summed E-state index contributed by atoms with van der Waals surface area (Å²) in [4.78, 5) is 0. The molecule has 0 aliphatic heterocycles. The molecule has 3 nitrogen and oxygen atoms in total. The summed E-state index contributed by atoms with van der Waals surface area (Å²) in [5, 5.41) is 0. The van der Waals surface area contributed by atoms with Crippen LogP contribution < -0.4 is 15.2 Å².